The topological polar surface area (TPSA) is 67.9 Å². The molecule has 1 aliphatic heterocycles. The van der Waals surface area contributed by atoms with Gasteiger partial charge in [0.1, 0.15) is 0 Å². The van der Waals surface area contributed by atoms with E-state index in [2.05, 4.69) is 5.32 Å². The molecule has 2 rings (SSSR count). The summed E-state index contributed by atoms with van der Waals surface area (Å²) in [5, 5.41) is 3.23. The third-order valence-corrected chi connectivity index (χ3v) is 5.19. The molecule has 0 aromatic heterocycles. The summed E-state index contributed by atoms with van der Waals surface area (Å²) in [6.45, 7) is 3.57. The van der Waals surface area contributed by atoms with Gasteiger partial charge in [-0.15, -0.1) is 12.4 Å². The minimum absolute atomic E-state index is 0. The van der Waals surface area contributed by atoms with Crippen LogP contribution >= 0.6 is 12.4 Å². The Kier molecular flexibility index (Phi) is 6.27. The van der Waals surface area contributed by atoms with Crippen molar-refractivity contribution >= 4 is 22.4 Å². The fourth-order valence-corrected chi connectivity index (χ4v) is 3.79. The number of methoxy groups -OCH3 is 2. The number of nitrogens with zero attached hydrogens (tertiary/aromatic N) is 1. The van der Waals surface area contributed by atoms with Crippen molar-refractivity contribution in [1.29, 1.82) is 0 Å². The minimum Gasteiger partial charge on any atom is -0.493 e. The Hall–Kier alpha value is -1.02. The standard InChI is InChI=1S/C13H20N2O4S.ClH/c1-10-9-15(7-6-14-10)20(16,17)11-4-5-12(18-2)13(8-11)19-3;/h4-5,8,10,14H,6-7,9H2,1-3H3;1H/t10-;/m0./s1. The molecule has 0 bridgehead atoms. The number of ether oxygens (including phenoxy) is 2. The van der Waals surface area contributed by atoms with Gasteiger partial charge in [-0.05, 0) is 19.1 Å². The summed E-state index contributed by atoms with van der Waals surface area (Å²) >= 11 is 0. The first kappa shape index (κ1) is 18.0. The van der Waals surface area contributed by atoms with Gasteiger partial charge in [-0.2, -0.15) is 4.31 Å². The van der Waals surface area contributed by atoms with Crippen molar-refractivity contribution < 1.29 is 17.9 Å². The lowest BCUT2D eigenvalue weighted by Gasteiger charge is -2.31. The number of piperazine rings is 1. The third kappa shape index (κ3) is 3.79. The fraction of sp³-hybridized carbons (Fsp3) is 0.538. The number of sulfonamides is 1. The summed E-state index contributed by atoms with van der Waals surface area (Å²) in [5.74, 6) is 0.928. The molecule has 0 unspecified atom stereocenters. The Morgan fingerprint density at radius 3 is 2.48 bits per heavy atom. The van der Waals surface area contributed by atoms with Gasteiger partial charge in [0.2, 0.25) is 10.0 Å². The molecule has 1 atom stereocenters. The Labute approximate surface area is 131 Å². The van der Waals surface area contributed by atoms with Gasteiger partial charge in [-0.3, -0.25) is 0 Å². The van der Waals surface area contributed by atoms with E-state index in [1.54, 1.807) is 12.1 Å². The number of rotatable bonds is 4. The second kappa shape index (κ2) is 7.31. The number of hydrogen-bond acceptors (Lipinski definition) is 5. The van der Waals surface area contributed by atoms with Crippen molar-refractivity contribution in [3.05, 3.63) is 18.2 Å². The van der Waals surface area contributed by atoms with Crippen molar-refractivity contribution in [1.82, 2.24) is 9.62 Å². The molecule has 8 heteroatoms. The summed E-state index contributed by atoms with van der Waals surface area (Å²) in [7, 11) is -0.490. The molecule has 120 valence electrons. The largest absolute Gasteiger partial charge is 0.493 e. The molecule has 0 radical (unpaired) electrons. The van der Waals surface area contributed by atoms with Crippen LogP contribution in [0, 0.1) is 0 Å². The van der Waals surface area contributed by atoms with Crippen LogP contribution in [0.3, 0.4) is 0 Å². The number of benzene rings is 1. The average molecular weight is 337 g/mol. The van der Waals surface area contributed by atoms with Gasteiger partial charge in [0.05, 0.1) is 19.1 Å². The van der Waals surface area contributed by atoms with E-state index in [1.807, 2.05) is 6.92 Å². The molecule has 0 saturated carbocycles. The molecule has 0 spiro atoms. The van der Waals surface area contributed by atoms with E-state index in [-0.39, 0.29) is 23.3 Å². The maximum Gasteiger partial charge on any atom is 0.243 e. The van der Waals surface area contributed by atoms with Crippen LogP contribution in [-0.4, -0.2) is 52.6 Å². The maximum atomic E-state index is 12.6. The van der Waals surface area contributed by atoms with Crippen molar-refractivity contribution in [3.63, 3.8) is 0 Å². The zero-order valence-electron chi connectivity index (χ0n) is 12.3. The van der Waals surface area contributed by atoms with E-state index in [0.717, 1.165) is 0 Å². The molecule has 1 aromatic rings. The Bertz CT molecular complexity index is 580. The summed E-state index contributed by atoms with van der Waals surface area (Å²) in [6.07, 6.45) is 0. The summed E-state index contributed by atoms with van der Waals surface area (Å²) < 4.78 is 37.0. The van der Waals surface area contributed by atoms with E-state index < -0.39 is 10.0 Å². The van der Waals surface area contributed by atoms with Crippen LogP contribution in [0.2, 0.25) is 0 Å². The van der Waals surface area contributed by atoms with E-state index in [1.165, 1.54) is 24.6 Å². The van der Waals surface area contributed by atoms with E-state index in [4.69, 9.17) is 9.47 Å². The Morgan fingerprint density at radius 2 is 1.90 bits per heavy atom. The molecule has 21 heavy (non-hydrogen) atoms. The molecular formula is C13H21ClN2O4S. The number of halogens is 1. The molecule has 1 aromatic carbocycles. The first-order valence-electron chi connectivity index (χ1n) is 6.44. The van der Waals surface area contributed by atoms with Crippen LogP contribution < -0.4 is 14.8 Å². The number of nitrogens with one attached hydrogen (secondary N) is 1. The first-order valence-corrected chi connectivity index (χ1v) is 7.88. The van der Waals surface area contributed by atoms with Crippen LogP contribution in [0.25, 0.3) is 0 Å². The molecule has 1 heterocycles. The molecule has 1 saturated heterocycles. The van der Waals surface area contributed by atoms with Crippen molar-refractivity contribution in [2.45, 2.75) is 17.9 Å². The molecule has 6 nitrogen and oxygen atoms in total. The molecular weight excluding hydrogens is 316 g/mol. The molecule has 0 aliphatic carbocycles. The zero-order valence-corrected chi connectivity index (χ0v) is 14.0. The van der Waals surface area contributed by atoms with Gasteiger partial charge < -0.3 is 14.8 Å². The van der Waals surface area contributed by atoms with Crippen LogP contribution in [0.15, 0.2) is 23.1 Å². The second-order valence-corrected chi connectivity index (χ2v) is 6.67. The SMILES string of the molecule is COc1ccc(S(=O)(=O)N2CCN[C@@H](C)C2)cc1OC.Cl. The highest BCUT2D eigenvalue weighted by atomic mass is 35.5. The van der Waals surface area contributed by atoms with Gasteiger partial charge in [-0.25, -0.2) is 8.42 Å². The normalized spacial score (nSPS) is 19.7. The molecule has 0 amide bonds. The molecule has 1 aliphatic rings. The maximum absolute atomic E-state index is 12.6. The van der Waals surface area contributed by atoms with Crippen LogP contribution in [-0.2, 0) is 10.0 Å². The Balaban J connectivity index is 0.00000220. The lowest BCUT2D eigenvalue weighted by molar-refractivity contribution is 0.310. The first-order chi connectivity index (χ1) is 9.48. The predicted molar refractivity (Wildman–Crippen MR) is 83.0 cm³/mol. The van der Waals surface area contributed by atoms with Gasteiger partial charge in [0, 0.05) is 31.7 Å². The van der Waals surface area contributed by atoms with E-state index >= 15 is 0 Å². The van der Waals surface area contributed by atoms with Gasteiger partial charge in [-0.1, -0.05) is 0 Å². The molecule has 1 fully saturated rings. The highest BCUT2D eigenvalue weighted by Gasteiger charge is 2.29. The van der Waals surface area contributed by atoms with E-state index in [9.17, 15) is 8.42 Å². The lowest BCUT2D eigenvalue weighted by Crippen LogP contribution is -2.51. The van der Waals surface area contributed by atoms with Crippen molar-refractivity contribution in [3.8, 4) is 11.5 Å². The van der Waals surface area contributed by atoms with Crippen molar-refractivity contribution in [2.24, 2.45) is 0 Å². The second-order valence-electron chi connectivity index (χ2n) is 4.74. The fourth-order valence-electron chi connectivity index (χ4n) is 2.24. The zero-order chi connectivity index (χ0) is 14.8. The van der Waals surface area contributed by atoms with Gasteiger partial charge in [0.15, 0.2) is 11.5 Å². The highest BCUT2D eigenvalue weighted by Crippen LogP contribution is 2.30. The number of hydrogen-bond donors (Lipinski definition) is 1. The summed E-state index contributed by atoms with van der Waals surface area (Å²) in [6, 6.07) is 4.81. The highest BCUT2D eigenvalue weighted by molar-refractivity contribution is 7.89. The lowest BCUT2D eigenvalue weighted by atomic mass is 10.3. The van der Waals surface area contributed by atoms with Crippen LogP contribution in [0.1, 0.15) is 6.92 Å². The van der Waals surface area contributed by atoms with Gasteiger partial charge >= 0.3 is 0 Å². The van der Waals surface area contributed by atoms with Crippen LogP contribution in [0.4, 0.5) is 0 Å². The summed E-state index contributed by atoms with van der Waals surface area (Å²) in [4.78, 5) is 0.226. The third-order valence-electron chi connectivity index (χ3n) is 3.32. The quantitative estimate of drug-likeness (QED) is 0.892. The Morgan fingerprint density at radius 1 is 1.24 bits per heavy atom. The minimum atomic E-state index is -3.49. The van der Waals surface area contributed by atoms with E-state index in [0.29, 0.717) is 31.1 Å². The summed E-state index contributed by atoms with van der Waals surface area (Å²) in [5.41, 5.74) is 0. The molecule has 1 N–H and O–H groups in total. The monoisotopic (exact) mass is 336 g/mol. The smallest absolute Gasteiger partial charge is 0.243 e. The van der Waals surface area contributed by atoms with Gasteiger partial charge in [0.25, 0.3) is 0 Å². The average Bonchev–Trinajstić information content (AvgIpc) is 2.46. The van der Waals surface area contributed by atoms with Crippen molar-refractivity contribution in [2.75, 3.05) is 33.9 Å². The van der Waals surface area contributed by atoms with Crippen LogP contribution in [0.5, 0.6) is 11.5 Å². The predicted octanol–water partition coefficient (Wildman–Crippen LogP) is 1.11.